The van der Waals surface area contributed by atoms with Crippen molar-refractivity contribution in [2.45, 2.75) is 44.6 Å². The number of hydrogen-bond donors (Lipinski definition) is 1. The summed E-state index contributed by atoms with van der Waals surface area (Å²) in [5, 5.41) is 3.34. The van der Waals surface area contributed by atoms with E-state index in [0.717, 1.165) is 30.8 Å². The second-order valence-corrected chi connectivity index (χ2v) is 7.82. The van der Waals surface area contributed by atoms with Gasteiger partial charge in [0.2, 0.25) is 5.91 Å². The number of Topliss-reactive ketones (excluding diaryl/α,β-unsaturated/α-hetero) is 1. The number of nitrogens with one attached hydrogen (secondary N) is 1. The number of rotatable bonds is 5. The first-order valence-corrected chi connectivity index (χ1v) is 10.3. The summed E-state index contributed by atoms with van der Waals surface area (Å²) in [5.41, 5.74) is 3.42. The Balaban J connectivity index is 0.00000240. The van der Waals surface area contributed by atoms with Crippen LogP contribution in [0.1, 0.15) is 59.0 Å². The van der Waals surface area contributed by atoms with Crippen LogP contribution >= 0.6 is 12.4 Å². The molecular weight excluding hydrogens is 388 g/mol. The van der Waals surface area contributed by atoms with E-state index < -0.39 is 0 Å². The molecule has 0 bridgehead atoms. The SMILES string of the molecule is Cl.Cn1ccnc1C1CNCCN1C(=O)CCC(=O)c1ccc2c(c1)CCCC2. The van der Waals surface area contributed by atoms with Gasteiger partial charge in [-0.1, -0.05) is 12.1 Å². The van der Waals surface area contributed by atoms with Gasteiger partial charge in [0.1, 0.15) is 11.9 Å². The summed E-state index contributed by atoms with van der Waals surface area (Å²) in [4.78, 5) is 31.9. The summed E-state index contributed by atoms with van der Waals surface area (Å²) in [7, 11) is 1.94. The van der Waals surface area contributed by atoms with Crippen LogP contribution in [-0.4, -0.2) is 45.8 Å². The minimum atomic E-state index is -0.0832. The van der Waals surface area contributed by atoms with Crippen molar-refractivity contribution in [2.75, 3.05) is 19.6 Å². The summed E-state index contributed by atoms with van der Waals surface area (Å²) in [5.74, 6) is 0.966. The van der Waals surface area contributed by atoms with Gasteiger partial charge < -0.3 is 14.8 Å². The number of aromatic nitrogens is 2. The van der Waals surface area contributed by atoms with Crippen LogP contribution in [0, 0.1) is 0 Å². The molecule has 1 atom stereocenters. The highest BCUT2D eigenvalue weighted by Gasteiger charge is 2.30. The van der Waals surface area contributed by atoms with Crippen molar-refractivity contribution in [3.05, 3.63) is 53.1 Å². The van der Waals surface area contributed by atoms with E-state index in [1.165, 1.54) is 24.0 Å². The van der Waals surface area contributed by atoms with E-state index in [9.17, 15) is 9.59 Å². The molecule has 2 aliphatic rings. The number of nitrogens with zero attached hydrogens (tertiary/aromatic N) is 3. The molecule has 6 nitrogen and oxygen atoms in total. The summed E-state index contributed by atoms with van der Waals surface area (Å²) in [6.07, 6.45) is 8.75. The summed E-state index contributed by atoms with van der Waals surface area (Å²) < 4.78 is 1.95. The van der Waals surface area contributed by atoms with Gasteiger partial charge in [0, 0.05) is 57.5 Å². The van der Waals surface area contributed by atoms with Crippen LogP contribution in [0.4, 0.5) is 0 Å². The Morgan fingerprint density at radius 3 is 2.72 bits per heavy atom. The zero-order valence-corrected chi connectivity index (χ0v) is 17.7. The first-order chi connectivity index (χ1) is 13.6. The van der Waals surface area contributed by atoms with E-state index in [1.54, 1.807) is 6.20 Å². The van der Waals surface area contributed by atoms with E-state index in [4.69, 9.17) is 0 Å². The highest BCUT2D eigenvalue weighted by atomic mass is 35.5. The maximum atomic E-state index is 12.9. The third-order valence-electron chi connectivity index (χ3n) is 5.96. The number of fused-ring (bicyclic) bond motifs is 1. The van der Waals surface area contributed by atoms with E-state index in [0.29, 0.717) is 13.1 Å². The van der Waals surface area contributed by atoms with Gasteiger partial charge in [-0.3, -0.25) is 9.59 Å². The van der Waals surface area contributed by atoms with Crippen molar-refractivity contribution in [2.24, 2.45) is 7.05 Å². The Morgan fingerprint density at radius 2 is 1.97 bits per heavy atom. The molecule has 2 heterocycles. The monoisotopic (exact) mass is 416 g/mol. The zero-order valence-electron chi connectivity index (χ0n) is 16.9. The molecular formula is C22H29ClN4O2. The van der Waals surface area contributed by atoms with Crippen molar-refractivity contribution >= 4 is 24.1 Å². The Labute approximate surface area is 178 Å². The van der Waals surface area contributed by atoms with Gasteiger partial charge in [-0.15, -0.1) is 12.4 Å². The third kappa shape index (κ3) is 4.70. The first-order valence-electron chi connectivity index (χ1n) is 10.3. The lowest BCUT2D eigenvalue weighted by Gasteiger charge is -2.35. The van der Waals surface area contributed by atoms with Crippen LogP contribution in [0.3, 0.4) is 0 Å². The van der Waals surface area contributed by atoms with Crippen LogP contribution in [0.2, 0.25) is 0 Å². The van der Waals surface area contributed by atoms with Gasteiger partial charge in [-0.25, -0.2) is 4.98 Å². The second kappa shape index (κ2) is 9.55. The molecule has 1 saturated heterocycles. The molecule has 29 heavy (non-hydrogen) atoms. The number of amides is 1. The van der Waals surface area contributed by atoms with Crippen molar-refractivity contribution in [3.63, 3.8) is 0 Å². The van der Waals surface area contributed by atoms with Crippen molar-refractivity contribution in [1.82, 2.24) is 19.8 Å². The molecule has 1 N–H and O–H groups in total. The first kappa shape index (κ1) is 21.5. The Bertz CT molecular complexity index is 879. The fourth-order valence-electron chi connectivity index (χ4n) is 4.35. The van der Waals surface area contributed by atoms with Gasteiger partial charge in [0.15, 0.2) is 5.78 Å². The fourth-order valence-corrected chi connectivity index (χ4v) is 4.35. The van der Waals surface area contributed by atoms with Gasteiger partial charge in [0.05, 0.1) is 0 Å². The smallest absolute Gasteiger partial charge is 0.223 e. The number of hydrogen-bond acceptors (Lipinski definition) is 4. The number of imidazole rings is 1. The Kier molecular flexibility index (Phi) is 7.09. The van der Waals surface area contributed by atoms with E-state index >= 15 is 0 Å². The van der Waals surface area contributed by atoms with Crippen molar-refractivity contribution in [3.8, 4) is 0 Å². The highest BCUT2D eigenvalue weighted by Crippen LogP contribution is 2.24. The number of ketones is 1. The molecule has 0 radical (unpaired) electrons. The number of piperazine rings is 1. The molecule has 156 valence electrons. The molecule has 7 heteroatoms. The van der Waals surface area contributed by atoms with Crippen LogP contribution in [-0.2, 0) is 24.7 Å². The van der Waals surface area contributed by atoms with Crippen LogP contribution in [0.25, 0.3) is 0 Å². The number of carbonyl (C=O) groups excluding carboxylic acids is 2. The predicted molar refractivity (Wildman–Crippen MR) is 114 cm³/mol. The van der Waals surface area contributed by atoms with E-state index in [2.05, 4.69) is 16.4 Å². The molecule has 0 saturated carbocycles. The van der Waals surface area contributed by atoms with Crippen LogP contribution in [0.5, 0.6) is 0 Å². The summed E-state index contributed by atoms with van der Waals surface area (Å²) in [6.45, 7) is 2.10. The number of halogens is 1. The average molecular weight is 417 g/mol. The van der Waals surface area contributed by atoms with Crippen LogP contribution in [0.15, 0.2) is 30.6 Å². The summed E-state index contributed by atoms with van der Waals surface area (Å²) in [6, 6.07) is 5.98. The van der Waals surface area contributed by atoms with Crippen molar-refractivity contribution < 1.29 is 9.59 Å². The number of benzene rings is 1. The number of aryl methyl sites for hydroxylation is 3. The van der Waals surface area contributed by atoms with Gasteiger partial charge in [0.25, 0.3) is 0 Å². The lowest BCUT2D eigenvalue weighted by Crippen LogP contribution is -2.49. The lowest BCUT2D eigenvalue weighted by atomic mass is 9.89. The summed E-state index contributed by atoms with van der Waals surface area (Å²) >= 11 is 0. The topological polar surface area (TPSA) is 67.2 Å². The molecule has 1 amide bonds. The molecule has 1 aromatic carbocycles. The lowest BCUT2D eigenvalue weighted by molar-refractivity contribution is -0.134. The predicted octanol–water partition coefficient (Wildman–Crippen LogP) is 2.86. The van der Waals surface area contributed by atoms with Crippen LogP contribution < -0.4 is 5.32 Å². The number of carbonyl (C=O) groups is 2. The largest absolute Gasteiger partial charge is 0.336 e. The molecule has 1 aliphatic carbocycles. The standard InChI is InChI=1S/C22H28N4O2.ClH/c1-25-12-11-24-22(25)19-15-23-10-13-26(19)21(28)9-8-20(27)18-7-6-16-4-2-3-5-17(16)14-18;/h6-7,11-12,14,19,23H,2-5,8-10,13,15H2,1H3;1H. The zero-order chi connectivity index (χ0) is 19.5. The molecule has 0 spiro atoms. The molecule has 4 rings (SSSR count). The van der Waals surface area contributed by atoms with Gasteiger partial charge in [-0.05, 0) is 42.9 Å². The molecule has 1 aromatic heterocycles. The molecule has 1 unspecified atom stereocenters. The maximum absolute atomic E-state index is 12.9. The van der Waals surface area contributed by atoms with Crippen molar-refractivity contribution in [1.29, 1.82) is 0 Å². The third-order valence-corrected chi connectivity index (χ3v) is 5.96. The van der Waals surface area contributed by atoms with E-state index in [1.807, 2.05) is 34.8 Å². The van der Waals surface area contributed by atoms with E-state index in [-0.39, 0.29) is 43.0 Å². The second-order valence-electron chi connectivity index (χ2n) is 7.82. The maximum Gasteiger partial charge on any atom is 0.223 e. The molecule has 1 aliphatic heterocycles. The van der Waals surface area contributed by atoms with Gasteiger partial charge in [-0.2, -0.15) is 0 Å². The minimum Gasteiger partial charge on any atom is -0.336 e. The highest BCUT2D eigenvalue weighted by molar-refractivity contribution is 5.98. The molecule has 2 aromatic rings. The normalized spacial score (nSPS) is 18.7. The quantitative estimate of drug-likeness (QED) is 0.761. The average Bonchev–Trinajstić information content (AvgIpc) is 3.17. The molecule has 1 fully saturated rings. The van der Waals surface area contributed by atoms with Gasteiger partial charge >= 0.3 is 0 Å². The Hall–Kier alpha value is -2.18. The fraction of sp³-hybridized carbons (Fsp3) is 0.500. The minimum absolute atomic E-state index is 0. The Morgan fingerprint density at radius 1 is 1.17 bits per heavy atom.